The van der Waals surface area contributed by atoms with Gasteiger partial charge < -0.3 is 4.74 Å². The van der Waals surface area contributed by atoms with Gasteiger partial charge in [-0.25, -0.2) is 9.40 Å². The lowest BCUT2D eigenvalue weighted by Gasteiger charge is -2.29. The van der Waals surface area contributed by atoms with Gasteiger partial charge in [0.05, 0.1) is 18.2 Å². The molecule has 1 amide bonds. The van der Waals surface area contributed by atoms with Gasteiger partial charge in [-0.15, -0.1) is 0 Å². The first-order valence-corrected chi connectivity index (χ1v) is 12.2. The Labute approximate surface area is 209 Å². The highest BCUT2D eigenvalue weighted by Crippen LogP contribution is 2.44. The number of hydrogen-bond donors (Lipinski definition) is 0. The fourth-order valence-electron chi connectivity index (χ4n) is 4.97. The maximum atomic E-state index is 13.3. The van der Waals surface area contributed by atoms with Crippen LogP contribution in [0.1, 0.15) is 42.0 Å². The molecule has 2 aliphatic rings. The van der Waals surface area contributed by atoms with Crippen molar-refractivity contribution in [3.8, 4) is 0 Å². The van der Waals surface area contributed by atoms with E-state index in [0.29, 0.717) is 5.56 Å². The molecule has 1 aliphatic heterocycles. The number of carbonyl (C=O) groups excluding carboxylic acids is 2. The number of hydrazone groups is 1. The summed E-state index contributed by atoms with van der Waals surface area (Å²) < 4.78 is 18.4. The summed E-state index contributed by atoms with van der Waals surface area (Å²) >= 11 is 0. The molecule has 1 aliphatic carbocycles. The van der Waals surface area contributed by atoms with Gasteiger partial charge in [0.2, 0.25) is 0 Å². The zero-order valence-electron chi connectivity index (χ0n) is 19.8. The first-order chi connectivity index (χ1) is 17.6. The van der Waals surface area contributed by atoms with Crippen molar-refractivity contribution in [3.63, 3.8) is 0 Å². The second-order valence-corrected chi connectivity index (χ2v) is 9.12. The third-order valence-electron chi connectivity index (χ3n) is 6.66. The minimum Gasteiger partial charge on any atom is -0.455 e. The Hall–Kier alpha value is -4.06. The number of allylic oxidation sites excluding steroid dienone is 1. The second kappa shape index (κ2) is 10.7. The third-order valence-corrected chi connectivity index (χ3v) is 6.66. The Balaban J connectivity index is 1.36. The molecule has 3 aromatic carbocycles. The minimum absolute atomic E-state index is 0.0310. The van der Waals surface area contributed by atoms with Gasteiger partial charge >= 0.3 is 5.97 Å². The van der Waals surface area contributed by atoms with Crippen LogP contribution < -0.4 is 0 Å². The van der Waals surface area contributed by atoms with Gasteiger partial charge in [0, 0.05) is 5.92 Å². The van der Waals surface area contributed by atoms with Gasteiger partial charge in [0.1, 0.15) is 5.82 Å². The first-order valence-electron chi connectivity index (χ1n) is 12.2. The highest BCUT2D eigenvalue weighted by Gasteiger charge is 2.43. The van der Waals surface area contributed by atoms with Crippen molar-refractivity contribution in [1.82, 2.24) is 5.01 Å². The molecule has 1 heterocycles. The van der Waals surface area contributed by atoms with Crippen LogP contribution in [0.5, 0.6) is 0 Å². The van der Waals surface area contributed by atoms with Crippen LogP contribution in [-0.2, 0) is 20.7 Å². The number of hydrogen-bond acceptors (Lipinski definition) is 4. The fourth-order valence-corrected chi connectivity index (χ4v) is 4.97. The van der Waals surface area contributed by atoms with Crippen LogP contribution in [0.25, 0.3) is 6.08 Å². The van der Waals surface area contributed by atoms with Crippen LogP contribution in [0.3, 0.4) is 0 Å². The molecule has 5 nitrogen and oxygen atoms in total. The average molecular weight is 483 g/mol. The number of amides is 1. The zero-order chi connectivity index (χ0) is 24.9. The molecule has 3 aromatic rings. The van der Waals surface area contributed by atoms with E-state index in [9.17, 15) is 14.0 Å². The summed E-state index contributed by atoms with van der Waals surface area (Å²) in [6.07, 6.45) is 4.97. The molecule has 0 bridgehead atoms. The predicted octanol–water partition coefficient (Wildman–Crippen LogP) is 5.73. The van der Waals surface area contributed by atoms with Crippen LogP contribution >= 0.6 is 0 Å². The molecule has 0 N–H and O–H groups in total. The molecule has 0 saturated heterocycles. The Bertz CT molecular complexity index is 1290. The van der Waals surface area contributed by atoms with E-state index in [2.05, 4.69) is 18.2 Å². The lowest BCUT2D eigenvalue weighted by Crippen LogP contribution is -2.34. The number of rotatable bonds is 6. The quantitative estimate of drug-likeness (QED) is 0.422. The summed E-state index contributed by atoms with van der Waals surface area (Å²) in [4.78, 5) is 25.7. The van der Waals surface area contributed by atoms with Gasteiger partial charge in [-0.3, -0.25) is 9.59 Å². The van der Waals surface area contributed by atoms with Crippen molar-refractivity contribution in [1.29, 1.82) is 0 Å². The Morgan fingerprint density at radius 3 is 2.39 bits per heavy atom. The maximum absolute atomic E-state index is 13.3. The number of ether oxygens (including phenoxy) is 1. The molecule has 0 aromatic heterocycles. The molecule has 0 unspecified atom stereocenters. The Morgan fingerprint density at radius 1 is 0.972 bits per heavy atom. The average Bonchev–Trinajstić information content (AvgIpc) is 3.31. The molecule has 1 saturated carbocycles. The highest BCUT2D eigenvalue weighted by molar-refractivity contribution is 6.08. The molecule has 182 valence electrons. The molecular weight excluding hydrogens is 455 g/mol. The van der Waals surface area contributed by atoms with Crippen molar-refractivity contribution in [2.24, 2.45) is 11.0 Å². The van der Waals surface area contributed by atoms with Gasteiger partial charge in [-0.1, -0.05) is 72.8 Å². The SMILES string of the molecule is O=C(Cc1ccc(F)cc1)OCC(=O)N1N=C2/C(=C\c3ccccc3)CCC[C@@H]2[C@@H]1c1ccccc1. The Morgan fingerprint density at radius 2 is 1.67 bits per heavy atom. The van der Waals surface area contributed by atoms with E-state index < -0.39 is 12.6 Å². The largest absolute Gasteiger partial charge is 0.455 e. The normalized spacial score (nSPS) is 20.1. The van der Waals surface area contributed by atoms with E-state index in [1.54, 1.807) is 0 Å². The van der Waals surface area contributed by atoms with Gasteiger partial charge in [0.25, 0.3) is 5.91 Å². The highest BCUT2D eigenvalue weighted by atomic mass is 19.1. The van der Waals surface area contributed by atoms with E-state index >= 15 is 0 Å². The van der Waals surface area contributed by atoms with E-state index in [1.807, 2.05) is 48.5 Å². The lowest BCUT2D eigenvalue weighted by molar-refractivity contribution is -0.152. The van der Waals surface area contributed by atoms with Gasteiger partial charge in [-0.05, 0) is 59.7 Å². The molecule has 2 atom stereocenters. The number of nitrogens with zero attached hydrogens (tertiary/aromatic N) is 2. The topological polar surface area (TPSA) is 59.0 Å². The molecule has 5 rings (SSSR count). The maximum Gasteiger partial charge on any atom is 0.310 e. The number of esters is 1. The standard InChI is InChI=1S/C30H27FN2O3/c31-25-16-14-22(15-17-25)19-28(35)36-20-27(34)33-30(23-10-5-2-6-11-23)26-13-7-12-24(29(26)32-33)18-21-8-3-1-4-9-21/h1-6,8-11,14-18,26,30H,7,12-13,19-20H2/b24-18-/t26-,30-/m0/s1. The zero-order valence-corrected chi connectivity index (χ0v) is 19.8. The third kappa shape index (κ3) is 5.28. The molecule has 1 fully saturated rings. The number of halogens is 1. The lowest BCUT2D eigenvalue weighted by atomic mass is 9.77. The first kappa shape index (κ1) is 23.7. The summed E-state index contributed by atoms with van der Waals surface area (Å²) in [5.74, 6) is -1.20. The van der Waals surface area contributed by atoms with Crippen LogP contribution in [0.2, 0.25) is 0 Å². The van der Waals surface area contributed by atoms with Crippen molar-refractivity contribution >= 4 is 23.7 Å². The van der Waals surface area contributed by atoms with E-state index in [4.69, 9.17) is 9.84 Å². The minimum atomic E-state index is -0.542. The van der Waals surface area contributed by atoms with Crippen molar-refractivity contribution in [2.75, 3.05) is 6.61 Å². The molecule has 6 heteroatoms. The predicted molar refractivity (Wildman–Crippen MR) is 136 cm³/mol. The van der Waals surface area contributed by atoms with Crippen LogP contribution in [0, 0.1) is 11.7 Å². The van der Waals surface area contributed by atoms with Crippen molar-refractivity contribution in [2.45, 2.75) is 31.7 Å². The van der Waals surface area contributed by atoms with E-state index in [-0.39, 0.29) is 30.1 Å². The molecule has 36 heavy (non-hydrogen) atoms. The van der Waals surface area contributed by atoms with Crippen LogP contribution in [-0.4, -0.2) is 29.2 Å². The van der Waals surface area contributed by atoms with Crippen molar-refractivity contribution < 1.29 is 18.7 Å². The summed E-state index contributed by atoms with van der Waals surface area (Å²) in [6, 6.07) is 25.4. The molecular formula is C30H27FN2O3. The summed E-state index contributed by atoms with van der Waals surface area (Å²) in [6.45, 7) is -0.398. The molecule has 0 radical (unpaired) electrons. The number of benzene rings is 3. The fraction of sp³-hybridized carbons (Fsp3) is 0.233. The number of fused-ring (bicyclic) bond motifs is 1. The van der Waals surface area contributed by atoms with Crippen LogP contribution in [0.15, 0.2) is 95.6 Å². The summed E-state index contributed by atoms with van der Waals surface area (Å²) in [7, 11) is 0. The van der Waals surface area contributed by atoms with E-state index in [0.717, 1.165) is 41.7 Å². The smallest absolute Gasteiger partial charge is 0.310 e. The monoisotopic (exact) mass is 482 g/mol. The van der Waals surface area contributed by atoms with Gasteiger partial charge in [-0.2, -0.15) is 5.10 Å². The Kier molecular flexibility index (Phi) is 7.03. The summed E-state index contributed by atoms with van der Waals surface area (Å²) in [5.41, 5.74) is 4.81. The second-order valence-electron chi connectivity index (χ2n) is 9.12. The van der Waals surface area contributed by atoms with Crippen molar-refractivity contribution in [3.05, 3.63) is 113 Å². The molecule has 0 spiro atoms. The van der Waals surface area contributed by atoms with Gasteiger partial charge in [0.15, 0.2) is 6.61 Å². The van der Waals surface area contributed by atoms with E-state index in [1.165, 1.54) is 29.3 Å². The van der Waals surface area contributed by atoms with Crippen LogP contribution in [0.4, 0.5) is 4.39 Å². The summed E-state index contributed by atoms with van der Waals surface area (Å²) in [5, 5.41) is 6.32. The number of carbonyl (C=O) groups is 2.